The lowest BCUT2D eigenvalue weighted by atomic mass is 10.1. The second-order valence-electron chi connectivity index (χ2n) is 7.36. The number of hydrogen-bond acceptors (Lipinski definition) is 2. The van der Waals surface area contributed by atoms with Crippen LogP contribution in [0, 0.1) is 17.6 Å². The molecule has 1 aromatic carbocycles. The van der Waals surface area contributed by atoms with Crippen LogP contribution in [0.15, 0.2) is 41.7 Å². The fourth-order valence-corrected chi connectivity index (χ4v) is 4.88. The molecule has 0 bridgehead atoms. The molecule has 2 atom stereocenters. The number of nitrogens with one attached hydrogen (secondary N) is 1. The zero-order chi connectivity index (χ0) is 21.2. The van der Waals surface area contributed by atoms with Crippen LogP contribution in [-0.2, 0) is 9.71 Å². The van der Waals surface area contributed by atoms with Crippen LogP contribution in [0.1, 0.15) is 33.6 Å². The second-order valence-corrected chi connectivity index (χ2v) is 9.58. The quantitative estimate of drug-likeness (QED) is 0.507. The Morgan fingerprint density at radius 1 is 1.24 bits per heavy atom. The van der Waals surface area contributed by atoms with Crippen molar-refractivity contribution in [1.29, 1.82) is 0 Å². The van der Waals surface area contributed by atoms with Crippen LogP contribution in [0.5, 0.6) is 0 Å². The van der Waals surface area contributed by atoms with E-state index in [-0.39, 0.29) is 0 Å². The summed E-state index contributed by atoms with van der Waals surface area (Å²) in [5.74, 6) is 2.74. The standard InChI is InChI=1S/C22H27F2N3OS/c1-5-15(3)9-10-27(6-2)29(4,28)22-8-7-16(13-26-22)18-14-25-21-12-20(24)19(23)11-17(18)21/h7-8,11-15,25H,4-6,9-10H2,1-3H3. The van der Waals surface area contributed by atoms with Gasteiger partial charge in [0.15, 0.2) is 11.6 Å². The normalized spacial score (nSPS) is 15.0. The van der Waals surface area contributed by atoms with Gasteiger partial charge in [0.1, 0.15) is 5.03 Å². The zero-order valence-corrected chi connectivity index (χ0v) is 17.9. The summed E-state index contributed by atoms with van der Waals surface area (Å²) >= 11 is 0. The Labute approximate surface area is 171 Å². The molecule has 0 radical (unpaired) electrons. The minimum absolute atomic E-state index is 0.421. The highest BCUT2D eigenvalue weighted by atomic mass is 32.2. The molecule has 0 aliphatic rings. The molecule has 3 aromatic rings. The van der Waals surface area contributed by atoms with Gasteiger partial charge in [0, 0.05) is 53.6 Å². The first-order valence-electron chi connectivity index (χ1n) is 9.82. The Morgan fingerprint density at radius 2 is 1.97 bits per heavy atom. The zero-order valence-electron chi connectivity index (χ0n) is 17.0. The maximum absolute atomic E-state index is 13.7. The van der Waals surface area contributed by atoms with E-state index in [0.29, 0.717) is 40.5 Å². The minimum atomic E-state index is -2.69. The fourth-order valence-electron chi connectivity index (χ4n) is 3.30. The van der Waals surface area contributed by atoms with Gasteiger partial charge in [-0.2, -0.15) is 0 Å². The van der Waals surface area contributed by atoms with Gasteiger partial charge in [-0.25, -0.2) is 22.3 Å². The number of fused-ring (bicyclic) bond motifs is 1. The number of aromatic amines is 1. The third-order valence-electron chi connectivity index (χ3n) is 5.43. The summed E-state index contributed by atoms with van der Waals surface area (Å²) in [6.07, 6.45) is 5.32. The molecule has 0 aliphatic carbocycles. The van der Waals surface area contributed by atoms with E-state index in [1.165, 1.54) is 6.07 Å². The Balaban J connectivity index is 1.89. The van der Waals surface area contributed by atoms with Crippen LogP contribution in [0.2, 0.25) is 0 Å². The highest BCUT2D eigenvalue weighted by Crippen LogP contribution is 2.30. The summed E-state index contributed by atoms with van der Waals surface area (Å²) in [4.78, 5) is 7.36. The Hall–Kier alpha value is -2.25. The average molecular weight is 420 g/mol. The summed E-state index contributed by atoms with van der Waals surface area (Å²) < 4.78 is 42.4. The van der Waals surface area contributed by atoms with E-state index in [9.17, 15) is 13.0 Å². The molecule has 4 nitrogen and oxygen atoms in total. The van der Waals surface area contributed by atoms with Gasteiger partial charge in [0.05, 0.1) is 9.71 Å². The van der Waals surface area contributed by atoms with Gasteiger partial charge in [0.25, 0.3) is 0 Å². The topological polar surface area (TPSA) is 49.0 Å². The van der Waals surface area contributed by atoms with Crippen LogP contribution in [-0.4, -0.2) is 37.4 Å². The number of hydrogen-bond donors (Lipinski definition) is 1. The predicted octanol–water partition coefficient (Wildman–Crippen LogP) is 5.26. The molecule has 2 aromatic heterocycles. The van der Waals surface area contributed by atoms with Gasteiger partial charge >= 0.3 is 0 Å². The Bertz CT molecular complexity index is 1090. The van der Waals surface area contributed by atoms with Crippen molar-refractivity contribution in [3.63, 3.8) is 0 Å². The highest BCUT2D eigenvalue weighted by molar-refractivity contribution is 7.98. The molecular weight excluding hydrogens is 392 g/mol. The summed E-state index contributed by atoms with van der Waals surface area (Å²) in [6.45, 7) is 7.62. The highest BCUT2D eigenvalue weighted by Gasteiger charge is 2.19. The monoisotopic (exact) mass is 419 g/mol. The maximum atomic E-state index is 13.7. The number of pyridine rings is 1. The van der Waals surface area contributed by atoms with Crippen LogP contribution >= 0.6 is 0 Å². The molecular formula is C22H27F2N3OS. The van der Waals surface area contributed by atoms with Crippen molar-refractivity contribution in [3.8, 4) is 11.1 Å². The number of halogens is 2. The predicted molar refractivity (Wildman–Crippen MR) is 116 cm³/mol. The smallest absolute Gasteiger partial charge is 0.160 e. The molecule has 0 spiro atoms. The third kappa shape index (κ3) is 4.36. The molecule has 0 amide bonds. The molecule has 2 heterocycles. The van der Waals surface area contributed by atoms with Crippen molar-refractivity contribution in [2.24, 2.45) is 5.92 Å². The molecule has 2 unspecified atom stereocenters. The maximum Gasteiger partial charge on any atom is 0.160 e. The van der Waals surface area contributed by atoms with E-state index in [2.05, 4.69) is 29.7 Å². The number of nitrogens with zero attached hydrogens (tertiary/aromatic N) is 2. The molecule has 0 saturated heterocycles. The van der Waals surface area contributed by atoms with Crippen LogP contribution in [0.3, 0.4) is 0 Å². The lowest BCUT2D eigenvalue weighted by molar-refractivity contribution is 0.397. The summed E-state index contributed by atoms with van der Waals surface area (Å²) in [7, 11) is -2.69. The number of rotatable bonds is 8. The molecule has 0 aliphatic heterocycles. The summed E-state index contributed by atoms with van der Waals surface area (Å²) in [6, 6.07) is 5.80. The van der Waals surface area contributed by atoms with Crippen molar-refractivity contribution in [1.82, 2.24) is 14.3 Å². The minimum Gasteiger partial charge on any atom is -0.360 e. The largest absolute Gasteiger partial charge is 0.360 e. The lowest BCUT2D eigenvalue weighted by Crippen LogP contribution is -2.33. The van der Waals surface area contributed by atoms with Gasteiger partial charge in [0.2, 0.25) is 0 Å². The van der Waals surface area contributed by atoms with E-state index in [1.807, 2.05) is 11.2 Å². The lowest BCUT2D eigenvalue weighted by Gasteiger charge is -2.25. The molecule has 7 heteroatoms. The first-order valence-corrected chi connectivity index (χ1v) is 11.5. The van der Waals surface area contributed by atoms with Gasteiger partial charge in [-0.1, -0.05) is 27.2 Å². The van der Waals surface area contributed by atoms with E-state index in [0.717, 1.165) is 24.5 Å². The molecule has 156 valence electrons. The Morgan fingerprint density at radius 3 is 2.59 bits per heavy atom. The van der Waals surface area contributed by atoms with Crippen molar-refractivity contribution in [3.05, 3.63) is 48.3 Å². The van der Waals surface area contributed by atoms with Gasteiger partial charge < -0.3 is 4.98 Å². The second kappa shape index (κ2) is 8.63. The van der Waals surface area contributed by atoms with Crippen LogP contribution in [0.25, 0.3) is 22.0 Å². The van der Waals surface area contributed by atoms with Gasteiger partial charge in [-0.3, -0.25) is 0 Å². The first kappa shape index (κ1) is 21.5. The first-order chi connectivity index (χ1) is 13.8. The SMILES string of the molecule is C=S(=O)(c1ccc(-c2c[nH]c3cc(F)c(F)cc23)cn1)N(CC)CCC(C)CC. The molecule has 3 rings (SSSR count). The van der Waals surface area contributed by atoms with Crippen molar-refractivity contribution < 1.29 is 13.0 Å². The van der Waals surface area contributed by atoms with Crippen molar-refractivity contribution in [2.45, 2.75) is 38.6 Å². The molecule has 0 saturated carbocycles. The molecule has 1 N–H and O–H groups in total. The van der Waals surface area contributed by atoms with Crippen LogP contribution < -0.4 is 0 Å². The third-order valence-corrected chi connectivity index (χ3v) is 7.60. The van der Waals surface area contributed by atoms with Gasteiger partial charge in [-0.05, 0) is 36.4 Å². The van der Waals surface area contributed by atoms with E-state index < -0.39 is 21.3 Å². The van der Waals surface area contributed by atoms with E-state index in [4.69, 9.17) is 0 Å². The van der Waals surface area contributed by atoms with Gasteiger partial charge in [-0.15, -0.1) is 0 Å². The number of aromatic nitrogens is 2. The number of benzene rings is 1. The number of H-pyrrole nitrogens is 1. The molecule has 0 fully saturated rings. The summed E-state index contributed by atoms with van der Waals surface area (Å²) in [5.41, 5.74) is 1.94. The fraction of sp³-hybridized carbons (Fsp3) is 0.364. The van der Waals surface area contributed by atoms with Crippen molar-refractivity contribution >= 4 is 26.5 Å². The van der Waals surface area contributed by atoms with Crippen LogP contribution in [0.4, 0.5) is 8.78 Å². The average Bonchev–Trinajstić information content (AvgIpc) is 3.11. The molecule has 29 heavy (non-hydrogen) atoms. The van der Waals surface area contributed by atoms with Crippen molar-refractivity contribution in [2.75, 3.05) is 13.1 Å². The summed E-state index contributed by atoms with van der Waals surface area (Å²) in [5, 5.41) is 0.988. The Kier molecular flexibility index (Phi) is 6.39. The van der Waals surface area contributed by atoms with E-state index in [1.54, 1.807) is 24.5 Å². The van der Waals surface area contributed by atoms with E-state index >= 15 is 0 Å².